The van der Waals surface area contributed by atoms with Crippen LogP contribution >= 0.6 is 23.2 Å². The maximum absolute atomic E-state index is 12.8. The number of likely N-dealkylation sites (N-methyl/N-ethyl adjacent to an activating group) is 1. The van der Waals surface area contributed by atoms with Crippen LogP contribution in [0, 0.1) is 0 Å². The van der Waals surface area contributed by atoms with Gasteiger partial charge in [-0.05, 0) is 43.7 Å². The van der Waals surface area contributed by atoms with Crippen molar-refractivity contribution in [3.8, 4) is 11.5 Å². The van der Waals surface area contributed by atoms with Gasteiger partial charge in [0.15, 0.2) is 0 Å². The molecule has 0 spiro atoms. The number of amides is 1. The Labute approximate surface area is 224 Å². The minimum atomic E-state index is -0.690. The van der Waals surface area contributed by atoms with E-state index < -0.39 is 6.10 Å². The summed E-state index contributed by atoms with van der Waals surface area (Å²) in [6.45, 7) is 9.67. The lowest BCUT2D eigenvalue weighted by molar-refractivity contribution is -0.927. The highest BCUT2D eigenvalue weighted by molar-refractivity contribution is 6.44. The Hall–Kier alpha value is -2.03. The Morgan fingerprint density at radius 1 is 1.08 bits per heavy atom. The normalized spacial score (nSPS) is 15.0. The highest BCUT2D eigenvalue weighted by Crippen LogP contribution is 2.35. The zero-order chi connectivity index (χ0) is 26.1. The first-order valence-electron chi connectivity index (χ1n) is 12.5. The number of halogens is 2. The molecule has 0 saturated carbocycles. The van der Waals surface area contributed by atoms with Gasteiger partial charge in [0.05, 0.1) is 50.5 Å². The lowest BCUT2D eigenvalue weighted by Gasteiger charge is -2.38. The van der Waals surface area contributed by atoms with Crippen LogP contribution in [0.1, 0.15) is 29.8 Å². The van der Waals surface area contributed by atoms with Gasteiger partial charge in [0.25, 0.3) is 5.91 Å². The molecule has 7 nitrogen and oxygen atoms in total. The predicted octanol–water partition coefficient (Wildman–Crippen LogP) is 4.31. The molecule has 0 radical (unpaired) electrons. The van der Waals surface area contributed by atoms with E-state index in [1.807, 2.05) is 12.1 Å². The van der Waals surface area contributed by atoms with Crippen molar-refractivity contribution in [2.45, 2.75) is 26.4 Å². The summed E-state index contributed by atoms with van der Waals surface area (Å²) in [5.41, 5.74) is 1.57. The van der Waals surface area contributed by atoms with Crippen LogP contribution in [0.5, 0.6) is 11.5 Å². The Morgan fingerprint density at radius 2 is 1.75 bits per heavy atom. The zero-order valence-corrected chi connectivity index (χ0v) is 22.9. The number of carbonyl (C=O) groups excluding carboxylic acids is 1. The molecule has 1 unspecified atom stereocenters. The first-order valence-corrected chi connectivity index (χ1v) is 13.2. The van der Waals surface area contributed by atoms with Crippen molar-refractivity contribution in [2.24, 2.45) is 0 Å². The summed E-state index contributed by atoms with van der Waals surface area (Å²) in [5.74, 6) is 1.01. The molecule has 198 valence electrons. The Bertz CT molecular complexity index is 992. The van der Waals surface area contributed by atoms with Gasteiger partial charge in [0.1, 0.15) is 35.8 Å². The number of hydrogen-bond donors (Lipinski definition) is 1. The van der Waals surface area contributed by atoms with Gasteiger partial charge in [-0.15, -0.1) is 0 Å². The molecule has 0 aliphatic carbocycles. The van der Waals surface area contributed by atoms with Gasteiger partial charge < -0.3 is 28.7 Å². The molecule has 0 aromatic heterocycles. The monoisotopic (exact) mass is 539 g/mol. The highest BCUT2D eigenvalue weighted by Gasteiger charge is 2.28. The number of benzene rings is 2. The molecule has 1 amide bonds. The first-order chi connectivity index (χ1) is 17.3. The van der Waals surface area contributed by atoms with Gasteiger partial charge in [0, 0.05) is 19.5 Å². The highest BCUT2D eigenvalue weighted by atomic mass is 35.5. The number of aliphatic hydroxyl groups is 1. The molecule has 1 aliphatic heterocycles. The molecule has 1 N–H and O–H groups in total. The summed E-state index contributed by atoms with van der Waals surface area (Å²) in [5, 5.41) is 11.2. The van der Waals surface area contributed by atoms with E-state index in [0.717, 1.165) is 36.3 Å². The summed E-state index contributed by atoms with van der Waals surface area (Å²) in [6, 6.07) is 11.4. The van der Waals surface area contributed by atoms with Gasteiger partial charge in [0.2, 0.25) is 0 Å². The summed E-state index contributed by atoms with van der Waals surface area (Å²) in [6.07, 6.45) is 0.213. The zero-order valence-electron chi connectivity index (χ0n) is 21.3. The van der Waals surface area contributed by atoms with Crippen molar-refractivity contribution < 1.29 is 28.6 Å². The summed E-state index contributed by atoms with van der Waals surface area (Å²) in [4.78, 5) is 14.5. The van der Waals surface area contributed by atoms with Crippen molar-refractivity contribution in [2.75, 3.05) is 66.2 Å². The third-order valence-electron chi connectivity index (χ3n) is 6.98. The van der Waals surface area contributed by atoms with E-state index in [1.165, 1.54) is 5.56 Å². The average Bonchev–Trinajstić information content (AvgIpc) is 2.92. The second kappa shape index (κ2) is 13.5. The first kappa shape index (κ1) is 28.5. The van der Waals surface area contributed by atoms with Crippen LogP contribution < -0.4 is 9.47 Å². The number of methoxy groups -OCH3 is 1. The van der Waals surface area contributed by atoms with E-state index in [-0.39, 0.29) is 22.6 Å². The third-order valence-corrected chi connectivity index (χ3v) is 7.84. The fourth-order valence-corrected chi connectivity index (χ4v) is 4.94. The summed E-state index contributed by atoms with van der Waals surface area (Å²) < 4.78 is 17.2. The molecule has 9 heteroatoms. The Balaban J connectivity index is 1.59. The third kappa shape index (κ3) is 7.26. The molecule has 0 bridgehead atoms. The van der Waals surface area contributed by atoms with Gasteiger partial charge in [-0.1, -0.05) is 35.3 Å². The van der Waals surface area contributed by atoms with E-state index in [9.17, 15) is 9.90 Å². The number of nitrogens with zero attached hydrogens (tertiary/aromatic N) is 2. The van der Waals surface area contributed by atoms with E-state index in [2.05, 4.69) is 26.0 Å². The molecule has 1 atom stereocenters. The van der Waals surface area contributed by atoms with Crippen LogP contribution in [0.15, 0.2) is 36.4 Å². The van der Waals surface area contributed by atoms with E-state index in [4.69, 9.17) is 37.4 Å². The quantitative estimate of drug-likeness (QED) is 0.407. The SMILES string of the molecule is CC[N+](CC)(CCc1ccc(OC)cc1)CC(O)COc1ccc(C(=O)N2CCOCC2)c(Cl)c1Cl. The van der Waals surface area contributed by atoms with Crippen molar-refractivity contribution in [1.29, 1.82) is 0 Å². The van der Waals surface area contributed by atoms with E-state index in [0.29, 0.717) is 44.2 Å². The summed E-state index contributed by atoms with van der Waals surface area (Å²) >= 11 is 12.9. The van der Waals surface area contributed by atoms with Gasteiger partial charge in [-0.25, -0.2) is 0 Å². The lowest BCUT2D eigenvalue weighted by Crippen LogP contribution is -2.54. The molecule has 2 aromatic rings. The number of hydrogen-bond acceptors (Lipinski definition) is 5. The maximum atomic E-state index is 12.8. The Kier molecular flexibility index (Phi) is 10.7. The van der Waals surface area contributed by atoms with Gasteiger partial charge in [-0.2, -0.15) is 0 Å². The van der Waals surface area contributed by atoms with Crippen LogP contribution in [0.25, 0.3) is 0 Å². The van der Waals surface area contributed by atoms with Gasteiger partial charge in [-0.3, -0.25) is 4.79 Å². The van der Waals surface area contributed by atoms with Crippen LogP contribution in [0.3, 0.4) is 0 Å². The van der Waals surface area contributed by atoms with E-state index >= 15 is 0 Å². The van der Waals surface area contributed by atoms with Crippen LogP contribution in [0.4, 0.5) is 0 Å². The smallest absolute Gasteiger partial charge is 0.255 e. The van der Waals surface area contributed by atoms with Crippen molar-refractivity contribution in [3.05, 3.63) is 57.6 Å². The number of aliphatic hydroxyl groups excluding tert-OH is 1. The largest absolute Gasteiger partial charge is 0.497 e. The molecular weight excluding hydrogens is 503 g/mol. The second-order valence-corrected chi connectivity index (χ2v) is 9.84. The molecular formula is C27H37Cl2N2O5+. The lowest BCUT2D eigenvalue weighted by atomic mass is 10.1. The van der Waals surface area contributed by atoms with Crippen LogP contribution in [-0.2, 0) is 11.2 Å². The number of rotatable bonds is 12. The fourth-order valence-electron chi connectivity index (χ4n) is 4.48. The molecule has 36 heavy (non-hydrogen) atoms. The fraction of sp³-hybridized carbons (Fsp3) is 0.519. The summed E-state index contributed by atoms with van der Waals surface area (Å²) in [7, 11) is 1.66. The van der Waals surface area contributed by atoms with Crippen molar-refractivity contribution in [3.63, 3.8) is 0 Å². The van der Waals surface area contributed by atoms with Crippen LogP contribution in [0.2, 0.25) is 10.0 Å². The van der Waals surface area contributed by atoms with Crippen molar-refractivity contribution in [1.82, 2.24) is 4.90 Å². The topological polar surface area (TPSA) is 68.2 Å². The second-order valence-electron chi connectivity index (χ2n) is 9.09. The number of ether oxygens (including phenoxy) is 3. The Morgan fingerprint density at radius 3 is 2.36 bits per heavy atom. The number of quaternary nitrogens is 1. The molecule has 1 heterocycles. The van der Waals surface area contributed by atoms with E-state index in [1.54, 1.807) is 24.1 Å². The number of carbonyl (C=O) groups is 1. The number of morpholine rings is 1. The minimum absolute atomic E-state index is 0.0787. The molecule has 1 aliphatic rings. The van der Waals surface area contributed by atoms with Crippen molar-refractivity contribution >= 4 is 29.1 Å². The minimum Gasteiger partial charge on any atom is -0.497 e. The maximum Gasteiger partial charge on any atom is 0.255 e. The van der Waals surface area contributed by atoms with Crippen LogP contribution in [-0.4, -0.2) is 92.7 Å². The molecule has 1 saturated heterocycles. The predicted molar refractivity (Wildman–Crippen MR) is 142 cm³/mol. The molecule has 3 rings (SSSR count). The molecule has 1 fully saturated rings. The standard InChI is InChI=1S/C27H37Cl2N2O5/c1-4-31(5-2,15-12-20-6-8-22(34-3)9-7-20)18-21(32)19-36-24-11-10-23(25(28)26(24)29)27(33)30-13-16-35-17-14-30/h6-11,21,32H,4-5,12-19H2,1-3H3/q+1. The molecule has 2 aromatic carbocycles. The van der Waals surface area contributed by atoms with Gasteiger partial charge >= 0.3 is 0 Å². The average molecular weight is 541 g/mol.